The summed E-state index contributed by atoms with van der Waals surface area (Å²) in [4.78, 5) is 5.56. The van der Waals surface area contributed by atoms with Crippen molar-refractivity contribution >= 4 is 16.5 Å². The minimum absolute atomic E-state index is 0.707. The molecule has 0 atom stereocenters. The summed E-state index contributed by atoms with van der Waals surface area (Å²) < 4.78 is 0. The van der Waals surface area contributed by atoms with Gasteiger partial charge in [-0.2, -0.15) is 0 Å². The van der Waals surface area contributed by atoms with Gasteiger partial charge in [0.15, 0.2) is 5.13 Å². The van der Waals surface area contributed by atoms with Gasteiger partial charge in [0, 0.05) is 4.88 Å². The monoisotopic (exact) mass is 184 g/mol. The minimum atomic E-state index is 0.707. The Morgan fingerprint density at radius 1 is 1.42 bits per heavy atom. The summed E-state index contributed by atoms with van der Waals surface area (Å²) in [5, 5.41) is 0.707. The quantitative estimate of drug-likeness (QED) is 0.731. The van der Waals surface area contributed by atoms with Crippen molar-refractivity contribution in [3.8, 4) is 0 Å². The fraction of sp³-hybridized carbons (Fsp3) is 0.667. The molecule has 0 saturated carbocycles. The first kappa shape index (κ1) is 9.52. The van der Waals surface area contributed by atoms with Crippen molar-refractivity contribution in [1.29, 1.82) is 0 Å². The van der Waals surface area contributed by atoms with Crippen LogP contribution < -0.4 is 5.73 Å². The third kappa shape index (κ3) is 2.48. The molecule has 0 aromatic carbocycles. The molecular weight excluding hydrogens is 168 g/mol. The summed E-state index contributed by atoms with van der Waals surface area (Å²) in [6.07, 6.45) is 4.88. The predicted molar refractivity (Wildman–Crippen MR) is 54.5 cm³/mol. The summed E-state index contributed by atoms with van der Waals surface area (Å²) in [7, 11) is 0. The van der Waals surface area contributed by atoms with Crippen LogP contribution in [0.4, 0.5) is 5.13 Å². The summed E-state index contributed by atoms with van der Waals surface area (Å²) in [5.74, 6) is 0. The molecule has 0 aliphatic heterocycles. The van der Waals surface area contributed by atoms with Crippen LogP contribution in [0.15, 0.2) is 0 Å². The molecule has 1 aromatic rings. The Hall–Kier alpha value is -0.570. The van der Waals surface area contributed by atoms with Crippen molar-refractivity contribution in [2.24, 2.45) is 0 Å². The van der Waals surface area contributed by atoms with Gasteiger partial charge in [0.1, 0.15) is 0 Å². The summed E-state index contributed by atoms with van der Waals surface area (Å²) in [6, 6.07) is 0. The highest BCUT2D eigenvalue weighted by molar-refractivity contribution is 7.15. The van der Waals surface area contributed by atoms with Crippen LogP contribution in [0.3, 0.4) is 0 Å². The number of thiazole rings is 1. The average molecular weight is 184 g/mol. The number of nitrogens with two attached hydrogens (primary N) is 1. The lowest BCUT2D eigenvalue weighted by atomic mass is 10.1. The molecule has 0 saturated heterocycles. The Morgan fingerprint density at radius 2 is 2.17 bits per heavy atom. The number of unbranched alkanes of at least 4 members (excludes halogenated alkanes) is 2. The van der Waals surface area contributed by atoms with E-state index in [2.05, 4.69) is 18.8 Å². The van der Waals surface area contributed by atoms with E-state index in [1.54, 1.807) is 11.3 Å². The molecular formula is C9H16N2S. The minimum Gasteiger partial charge on any atom is -0.375 e. The number of aryl methyl sites for hydroxylation is 2. The van der Waals surface area contributed by atoms with E-state index in [0.29, 0.717) is 5.13 Å². The third-order valence-electron chi connectivity index (χ3n) is 1.93. The van der Waals surface area contributed by atoms with E-state index in [-0.39, 0.29) is 0 Å². The van der Waals surface area contributed by atoms with Crippen LogP contribution in [0.1, 0.15) is 36.8 Å². The molecule has 1 aromatic heterocycles. The second kappa shape index (κ2) is 4.45. The number of nitrogens with zero attached hydrogens (tertiary/aromatic N) is 1. The number of anilines is 1. The summed E-state index contributed by atoms with van der Waals surface area (Å²) >= 11 is 1.59. The molecule has 1 rings (SSSR count). The van der Waals surface area contributed by atoms with Crippen molar-refractivity contribution in [2.75, 3.05) is 5.73 Å². The van der Waals surface area contributed by atoms with Crippen LogP contribution in [-0.4, -0.2) is 4.98 Å². The number of rotatable bonds is 4. The van der Waals surface area contributed by atoms with Crippen molar-refractivity contribution in [1.82, 2.24) is 4.98 Å². The van der Waals surface area contributed by atoms with E-state index < -0.39 is 0 Å². The zero-order valence-electron chi connectivity index (χ0n) is 7.76. The Bertz CT molecular complexity index is 243. The lowest BCUT2D eigenvalue weighted by molar-refractivity contribution is 0.708. The zero-order valence-corrected chi connectivity index (χ0v) is 8.58. The van der Waals surface area contributed by atoms with E-state index in [1.165, 1.54) is 29.8 Å². The smallest absolute Gasteiger partial charge is 0.180 e. The molecule has 0 unspecified atom stereocenters. The predicted octanol–water partition coefficient (Wildman–Crippen LogP) is 2.77. The first-order valence-electron chi connectivity index (χ1n) is 4.45. The van der Waals surface area contributed by atoms with E-state index in [0.717, 1.165) is 6.42 Å². The van der Waals surface area contributed by atoms with Gasteiger partial charge in [0.25, 0.3) is 0 Å². The molecule has 12 heavy (non-hydrogen) atoms. The summed E-state index contributed by atoms with van der Waals surface area (Å²) in [6.45, 7) is 4.30. The van der Waals surface area contributed by atoms with Crippen LogP contribution in [0.25, 0.3) is 0 Å². The van der Waals surface area contributed by atoms with E-state index in [9.17, 15) is 0 Å². The van der Waals surface area contributed by atoms with Crippen molar-refractivity contribution in [3.63, 3.8) is 0 Å². The van der Waals surface area contributed by atoms with Crippen molar-refractivity contribution < 1.29 is 0 Å². The normalized spacial score (nSPS) is 10.5. The van der Waals surface area contributed by atoms with Gasteiger partial charge in [-0.3, -0.25) is 0 Å². The second-order valence-corrected chi connectivity index (χ2v) is 4.25. The molecule has 0 bridgehead atoms. The Morgan fingerprint density at radius 3 is 2.67 bits per heavy atom. The number of nitrogen functional groups attached to an aromatic ring is 1. The van der Waals surface area contributed by atoms with Gasteiger partial charge < -0.3 is 5.73 Å². The standard InChI is InChI=1S/C9H16N2S/c1-3-4-5-6-8-7(2)12-9(10)11-8/h3-6H2,1-2H3,(H2,10,11). The van der Waals surface area contributed by atoms with Crippen molar-refractivity contribution in [2.45, 2.75) is 39.5 Å². The van der Waals surface area contributed by atoms with Crippen LogP contribution in [0.5, 0.6) is 0 Å². The van der Waals surface area contributed by atoms with Gasteiger partial charge in [-0.15, -0.1) is 11.3 Å². The molecule has 0 amide bonds. The van der Waals surface area contributed by atoms with Gasteiger partial charge >= 0.3 is 0 Å². The molecule has 2 nitrogen and oxygen atoms in total. The molecule has 0 aliphatic carbocycles. The highest BCUT2D eigenvalue weighted by Gasteiger charge is 2.03. The van der Waals surface area contributed by atoms with Crippen LogP contribution in [0, 0.1) is 6.92 Å². The van der Waals surface area contributed by atoms with Crippen molar-refractivity contribution in [3.05, 3.63) is 10.6 Å². The number of hydrogen-bond acceptors (Lipinski definition) is 3. The molecule has 2 N–H and O–H groups in total. The third-order valence-corrected chi connectivity index (χ3v) is 2.77. The molecule has 0 radical (unpaired) electrons. The zero-order chi connectivity index (χ0) is 8.97. The largest absolute Gasteiger partial charge is 0.375 e. The van der Waals surface area contributed by atoms with Crippen LogP contribution in [0.2, 0.25) is 0 Å². The summed E-state index contributed by atoms with van der Waals surface area (Å²) in [5.41, 5.74) is 6.79. The van der Waals surface area contributed by atoms with E-state index in [4.69, 9.17) is 5.73 Å². The van der Waals surface area contributed by atoms with Gasteiger partial charge in [-0.05, 0) is 19.8 Å². The van der Waals surface area contributed by atoms with E-state index in [1.807, 2.05) is 0 Å². The first-order chi connectivity index (χ1) is 5.74. The van der Waals surface area contributed by atoms with Gasteiger partial charge in [-0.25, -0.2) is 4.98 Å². The highest BCUT2D eigenvalue weighted by Crippen LogP contribution is 2.20. The molecule has 0 spiro atoms. The Kier molecular flexibility index (Phi) is 3.53. The maximum Gasteiger partial charge on any atom is 0.180 e. The van der Waals surface area contributed by atoms with Gasteiger partial charge in [0.05, 0.1) is 5.69 Å². The molecule has 3 heteroatoms. The van der Waals surface area contributed by atoms with Crippen LogP contribution in [-0.2, 0) is 6.42 Å². The van der Waals surface area contributed by atoms with Gasteiger partial charge in [0.2, 0.25) is 0 Å². The topological polar surface area (TPSA) is 38.9 Å². The highest BCUT2D eigenvalue weighted by atomic mass is 32.1. The fourth-order valence-electron chi connectivity index (χ4n) is 1.22. The van der Waals surface area contributed by atoms with E-state index >= 15 is 0 Å². The first-order valence-corrected chi connectivity index (χ1v) is 5.27. The molecule has 0 aliphatic rings. The number of hydrogen-bond donors (Lipinski definition) is 1. The molecule has 0 fully saturated rings. The lowest BCUT2D eigenvalue weighted by Crippen LogP contribution is -1.89. The van der Waals surface area contributed by atoms with Crippen LogP contribution >= 0.6 is 11.3 Å². The lowest BCUT2D eigenvalue weighted by Gasteiger charge is -1.95. The maximum atomic E-state index is 5.59. The Labute approximate surface area is 77.8 Å². The van der Waals surface area contributed by atoms with Gasteiger partial charge in [-0.1, -0.05) is 19.8 Å². The number of aromatic nitrogens is 1. The maximum absolute atomic E-state index is 5.59. The fourth-order valence-corrected chi connectivity index (χ4v) is 1.96. The second-order valence-electron chi connectivity index (χ2n) is 3.01. The molecule has 1 heterocycles. The Balaban J connectivity index is 2.45. The molecule has 68 valence electrons. The SMILES string of the molecule is CCCCCc1nc(N)sc1C. The average Bonchev–Trinajstić information content (AvgIpc) is 2.31.